The molecule has 1 aromatic rings. The topological polar surface area (TPSA) is 72.2 Å². The number of imide groups is 1. The summed E-state index contributed by atoms with van der Waals surface area (Å²) in [5, 5.41) is 2.36. The third-order valence-corrected chi connectivity index (χ3v) is 2.89. The molecule has 0 aliphatic carbocycles. The van der Waals surface area contributed by atoms with Crippen molar-refractivity contribution < 1.29 is 9.59 Å². The van der Waals surface area contributed by atoms with Crippen molar-refractivity contribution in [2.24, 2.45) is 5.73 Å². The Morgan fingerprint density at radius 1 is 1.31 bits per heavy atom. The lowest BCUT2D eigenvalue weighted by molar-refractivity contribution is -0.134. The van der Waals surface area contributed by atoms with Crippen LogP contribution < -0.4 is 11.1 Å². The van der Waals surface area contributed by atoms with E-state index in [4.69, 9.17) is 5.73 Å². The number of benzene rings is 1. The number of carbonyl (C=O) groups is 2. The number of rotatable bonds is 2. The maximum Gasteiger partial charge on any atom is 0.234 e. The summed E-state index contributed by atoms with van der Waals surface area (Å²) in [5.41, 5.74) is 7.54. The van der Waals surface area contributed by atoms with Crippen LogP contribution in [-0.2, 0) is 16.1 Å². The lowest BCUT2D eigenvalue weighted by Gasteiger charge is -2.22. The molecule has 84 valence electrons. The zero-order valence-corrected chi connectivity index (χ0v) is 8.90. The zero-order chi connectivity index (χ0) is 11.5. The third-order valence-electron chi connectivity index (χ3n) is 2.89. The maximum atomic E-state index is 11.7. The van der Waals surface area contributed by atoms with E-state index in [1.807, 2.05) is 24.3 Å². The summed E-state index contributed by atoms with van der Waals surface area (Å²) >= 11 is 0. The fourth-order valence-corrected chi connectivity index (χ4v) is 2.05. The molecule has 0 spiro atoms. The summed E-state index contributed by atoms with van der Waals surface area (Å²) in [4.78, 5) is 22.7. The largest absolute Gasteiger partial charge is 0.326 e. The highest BCUT2D eigenvalue weighted by atomic mass is 16.2. The van der Waals surface area contributed by atoms with Crippen molar-refractivity contribution in [2.75, 3.05) is 0 Å². The summed E-state index contributed by atoms with van der Waals surface area (Å²) in [6.07, 6.45) is 0.969. The van der Waals surface area contributed by atoms with E-state index in [0.717, 1.165) is 11.1 Å². The second-order valence-electron chi connectivity index (χ2n) is 3.91. The van der Waals surface area contributed by atoms with Crippen molar-refractivity contribution in [3.63, 3.8) is 0 Å². The molecule has 3 N–H and O–H groups in total. The SMILES string of the molecule is NCc1ccccc1C1CCC(=O)NC1=O. The van der Waals surface area contributed by atoms with Crippen LogP contribution in [0, 0.1) is 0 Å². The fraction of sp³-hybridized carbons (Fsp3) is 0.333. The lowest BCUT2D eigenvalue weighted by atomic mass is 9.87. The molecule has 1 aliphatic heterocycles. The predicted octanol–water partition coefficient (Wildman–Crippen LogP) is 0.665. The van der Waals surface area contributed by atoms with Crippen molar-refractivity contribution in [2.45, 2.75) is 25.3 Å². The molecule has 0 aromatic heterocycles. The minimum absolute atomic E-state index is 0.188. The minimum Gasteiger partial charge on any atom is -0.326 e. The Morgan fingerprint density at radius 2 is 2.06 bits per heavy atom. The first-order valence-corrected chi connectivity index (χ1v) is 5.34. The summed E-state index contributed by atoms with van der Waals surface area (Å²) in [7, 11) is 0. The van der Waals surface area contributed by atoms with Crippen molar-refractivity contribution in [3.8, 4) is 0 Å². The van der Waals surface area contributed by atoms with Gasteiger partial charge in [-0.15, -0.1) is 0 Å². The summed E-state index contributed by atoms with van der Waals surface area (Å²) in [5.74, 6) is -0.638. The first kappa shape index (κ1) is 10.8. The summed E-state index contributed by atoms with van der Waals surface area (Å²) < 4.78 is 0. The van der Waals surface area contributed by atoms with E-state index in [0.29, 0.717) is 19.4 Å². The Hall–Kier alpha value is -1.68. The molecule has 1 saturated heterocycles. The molecule has 1 heterocycles. The Bertz CT molecular complexity index is 429. The second-order valence-corrected chi connectivity index (χ2v) is 3.91. The first-order chi connectivity index (χ1) is 7.72. The number of hydrogen-bond donors (Lipinski definition) is 2. The molecule has 16 heavy (non-hydrogen) atoms. The normalized spacial score (nSPS) is 20.7. The standard InChI is InChI=1S/C12H14N2O2/c13-7-8-3-1-2-4-9(8)10-5-6-11(15)14-12(10)16/h1-4,10H,5-7,13H2,(H,14,15,16). The van der Waals surface area contributed by atoms with E-state index in [9.17, 15) is 9.59 Å². The number of amides is 2. The summed E-state index contributed by atoms with van der Waals surface area (Å²) in [6, 6.07) is 7.61. The molecule has 1 fully saturated rings. The van der Waals surface area contributed by atoms with E-state index in [2.05, 4.69) is 5.32 Å². The van der Waals surface area contributed by atoms with Gasteiger partial charge in [0.2, 0.25) is 11.8 Å². The van der Waals surface area contributed by atoms with E-state index in [-0.39, 0.29) is 17.7 Å². The average Bonchev–Trinajstić information content (AvgIpc) is 2.29. The highest BCUT2D eigenvalue weighted by Crippen LogP contribution is 2.27. The van der Waals surface area contributed by atoms with E-state index in [1.54, 1.807) is 0 Å². The number of nitrogens with two attached hydrogens (primary N) is 1. The smallest absolute Gasteiger partial charge is 0.234 e. The van der Waals surface area contributed by atoms with Crippen LogP contribution in [0.3, 0.4) is 0 Å². The van der Waals surface area contributed by atoms with E-state index in [1.165, 1.54) is 0 Å². The van der Waals surface area contributed by atoms with Gasteiger partial charge in [0.05, 0.1) is 5.92 Å². The molecular weight excluding hydrogens is 204 g/mol. The Kier molecular flexibility index (Phi) is 3.01. The van der Waals surface area contributed by atoms with Crippen molar-refractivity contribution >= 4 is 11.8 Å². The molecule has 1 atom stereocenters. The van der Waals surface area contributed by atoms with Crippen LogP contribution in [0.15, 0.2) is 24.3 Å². The van der Waals surface area contributed by atoms with Crippen LogP contribution in [0.5, 0.6) is 0 Å². The van der Waals surface area contributed by atoms with Crippen LogP contribution in [-0.4, -0.2) is 11.8 Å². The van der Waals surface area contributed by atoms with Crippen molar-refractivity contribution in [1.29, 1.82) is 0 Å². The van der Waals surface area contributed by atoms with Gasteiger partial charge in [-0.25, -0.2) is 0 Å². The molecule has 2 amide bonds. The van der Waals surface area contributed by atoms with Crippen molar-refractivity contribution in [3.05, 3.63) is 35.4 Å². The third kappa shape index (κ3) is 1.97. The van der Waals surface area contributed by atoms with E-state index < -0.39 is 0 Å². The monoisotopic (exact) mass is 218 g/mol. The van der Waals surface area contributed by atoms with Gasteiger partial charge >= 0.3 is 0 Å². The number of carbonyl (C=O) groups excluding carboxylic acids is 2. The lowest BCUT2D eigenvalue weighted by Crippen LogP contribution is -2.39. The van der Waals surface area contributed by atoms with Gasteiger partial charge in [-0.05, 0) is 17.5 Å². The second kappa shape index (κ2) is 4.45. The van der Waals surface area contributed by atoms with Crippen LogP contribution in [0.25, 0.3) is 0 Å². The average molecular weight is 218 g/mol. The molecule has 2 rings (SSSR count). The Morgan fingerprint density at radius 3 is 2.75 bits per heavy atom. The molecule has 1 aliphatic rings. The van der Waals surface area contributed by atoms with Crippen LogP contribution >= 0.6 is 0 Å². The first-order valence-electron chi connectivity index (χ1n) is 5.34. The van der Waals surface area contributed by atoms with Crippen LogP contribution in [0.1, 0.15) is 29.9 Å². The van der Waals surface area contributed by atoms with Crippen LogP contribution in [0.4, 0.5) is 0 Å². The van der Waals surface area contributed by atoms with Gasteiger partial charge in [0.1, 0.15) is 0 Å². The molecule has 0 bridgehead atoms. The highest BCUT2D eigenvalue weighted by molar-refractivity contribution is 6.01. The molecule has 4 heteroatoms. The minimum atomic E-state index is -0.238. The van der Waals surface area contributed by atoms with Gasteiger partial charge in [0.15, 0.2) is 0 Å². The molecule has 1 aromatic carbocycles. The molecule has 4 nitrogen and oxygen atoms in total. The van der Waals surface area contributed by atoms with E-state index >= 15 is 0 Å². The van der Waals surface area contributed by atoms with Gasteiger partial charge in [-0.3, -0.25) is 14.9 Å². The molecule has 1 unspecified atom stereocenters. The van der Waals surface area contributed by atoms with Gasteiger partial charge in [-0.2, -0.15) is 0 Å². The fourth-order valence-electron chi connectivity index (χ4n) is 2.05. The van der Waals surface area contributed by atoms with Gasteiger partial charge < -0.3 is 5.73 Å². The van der Waals surface area contributed by atoms with Crippen molar-refractivity contribution in [1.82, 2.24) is 5.32 Å². The number of hydrogen-bond acceptors (Lipinski definition) is 3. The van der Waals surface area contributed by atoms with Crippen LogP contribution in [0.2, 0.25) is 0 Å². The molecular formula is C12H14N2O2. The van der Waals surface area contributed by atoms with Gasteiger partial charge in [-0.1, -0.05) is 24.3 Å². The Balaban J connectivity index is 2.30. The zero-order valence-electron chi connectivity index (χ0n) is 8.90. The Labute approximate surface area is 93.8 Å². The van der Waals surface area contributed by atoms with Gasteiger partial charge in [0.25, 0.3) is 0 Å². The summed E-state index contributed by atoms with van der Waals surface area (Å²) in [6.45, 7) is 0.411. The van der Waals surface area contributed by atoms with Gasteiger partial charge in [0, 0.05) is 13.0 Å². The highest BCUT2D eigenvalue weighted by Gasteiger charge is 2.28. The molecule has 0 saturated carbocycles. The number of nitrogens with one attached hydrogen (secondary N) is 1. The maximum absolute atomic E-state index is 11.7. The quantitative estimate of drug-likeness (QED) is 0.716. The molecule has 0 radical (unpaired) electrons. The number of piperidine rings is 1. The predicted molar refractivity (Wildman–Crippen MR) is 59.5 cm³/mol.